The number of nitrogens with one attached hydrogen (secondary N) is 2. The Kier molecular flexibility index (Phi) is 6.30. The fourth-order valence-electron chi connectivity index (χ4n) is 4.12. The van der Waals surface area contributed by atoms with E-state index in [1.54, 1.807) is 12.3 Å². The predicted octanol–water partition coefficient (Wildman–Crippen LogP) is 3.86. The standard InChI is InChI=1S/C24H29N5O2/c1-16(2)29-23-20(14-26-29)19(13-21(28-23)17-9-5-3-6-10-17)24(31)25-15-22(30)27-18-11-7-4-8-12-18/h3,5-6,9-10,13-14,16,18H,4,7-8,11-12,15H2,1-2H3,(H,25,31)(H,27,30). The Labute approximate surface area is 182 Å². The van der Waals surface area contributed by atoms with Crippen LogP contribution in [-0.2, 0) is 4.79 Å². The first-order valence-corrected chi connectivity index (χ1v) is 11.0. The van der Waals surface area contributed by atoms with Crippen LogP contribution >= 0.6 is 0 Å². The van der Waals surface area contributed by atoms with E-state index < -0.39 is 0 Å². The zero-order chi connectivity index (χ0) is 21.8. The summed E-state index contributed by atoms with van der Waals surface area (Å²) in [6.45, 7) is 4.01. The lowest BCUT2D eigenvalue weighted by Crippen LogP contribution is -2.42. The molecule has 2 aromatic heterocycles. The van der Waals surface area contributed by atoms with Gasteiger partial charge in [0.1, 0.15) is 0 Å². The number of nitrogens with zero attached hydrogens (tertiary/aromatic N) is 3. The molecule has 0 atom stereocenters. The lowest BCUT2D eigenvalue weighted by atomic mass is 9.95. The molecule has 162 valence electrons. The van der Waals surface area contributed by atoms with Gasteiger partial charge in [0, 0.05) is 17.6 Å². The van der Waals surface area contributed by atoms with E-state index in [1.807, 2.05) is 48.9 Å². The maximum Gasteiger partial charge on any atom is 0.252 e. The average molecular weight is 420 g/mol. The van der Waals surface area contributed by atoms with Crippen molar-refractivity contribution in [1.82, 2.24) is 25.4 Å². The second-order valence-corrected chi connectivity index (χ2v) is 8.43. The van der Waals surface area contributed by atoms with Crippen LogP contribution in [0.4, 0.5) is 0 Å². The average Bonchev–Trinajstić information content (AvgIpc) is 3.22. The summed E-state index contributed by atoms with van der Waals surface area (Å²) in [7, 11) is 0. The molecule has 1 aliphatic rings. The molecule has 2 heterocycles. The Morgan fingerprint density at radius 2 is 1.87 bits per heavy atom. The number of fused-ring (bicyclic) bond motifs is 1. The van der Waals surface area contributed by atoms with Gasteiger partial charge in [0.2, 0.25) is 5.91 Å². The van der Waals surface area contributed by atoms with E-state index >= 15 is 0 Å². The normalized spacial score (nSPS) is 14.7. The van der Waals surface area contributed by atoms with Gasteiger partial charge in [-0.05, 0) is 32.8 Å². The lowest BCUT2D eigenvalue weighted by Gasteiger charge is -2.22. The van der Waals surface area contributed by atoms with E-state index in [0.717, 1.165) is 31.2 Å². The van der Waals surface area contributed by atoms with Gasteiger partial charge in [-0.3, -0.25) is 9.59 Å². The van der Waals surface area contributed by atoms with Crippen molar-refractivity contribution in [1.29, 1.82) is 0 Å². The van der Waals surface area contributed by atoms with Crippen LogP contribution in [0.2, 0.25) is 0 Å². The highest BCUT2D eigenvalue weighted by atomic mass is 16.2. The van der Waals surface area contributed by atoms with Crippen molar-refractivity contribution in [3.8, 4) is 11.3 Å². The Bertz CT molecular complexity index is 1070. The van der Waals surface area contributed by atoms with Gasteiger partial charge in [0.05, 0.1) is 29.4 Å². The number of amides is 2. The van der Waals surface area contributed by atoms with Gasteiger partial charge < -0.3 is 10.6 Å². The molecule has 4 rings (SSSR count). The fourth-order valence-corrected chi connectivity index (χ4v) is 4.12. The summed E-state index contributed by atoms with van der Waals surface area (Å²) in [5.41, 5.74) is 2.76. The number of hydrogen-bond acceptors (Lipinski definition) is 4. The highest BCUT2D eigenvalue weighted by molar-refractivity contribution is 6.07. The molecular formula is C24H29N5O2. The van der Waals surface area contributed by atoms with Crippen LogP contribution in [0.3, 0.4) is 0 Å². The zero-order valence-electron chi connectivity index (χ0n) is 18.1. The van der Waals surface area contributed by atoms with E-state index in [4.69, 9.17) is 4.98 Å². The summed E-state index contributed by atoms with van der Waals surface area (Å²) in [5, 5.41) is 10.9. The number of benzene rings is 1. The van der Waals surface area contributed by atoms with Crippen molar-refractivity contribution >= 4 is 22.8 Å². The van der Waals surface area contributed by atoms with Crippen molar-refractivity contribution < 1.29 is 9.59 Å². The van der Waals surface area contributed by atoms with Crippen molar-refractivity contribution in [2.24, 2.45) is 0 Å². The number of aromatic nitrogens is 3. The highest BCUT2D eigenvalue weighted by Crippen LogP contribution is 2.26. The fraction of sp³-hybridized carbons (Fsp3) is 0.417. The maximum atomic E-state index is 13.1. The molecule has 0 bridgehead atoms. The molecule has 0 spiro atoms. The Hall–Kier alpha value is -3.22. The summed E-state index contributed by atoms with van der Waals surface area (Å²) >= 11 is 0. The van der Waals surface area contributed by atoms with Crippen molar-refractivity contribution in [2.45, 2.75) is 58.0 Å². The maximum absolute atomic E-state index is 13.1. The Balaban J connectivity index is 1.58. The van der Waals surface area contributed by atoms with Gasteiger partial charge >= 0.3 is 0 Å². The molecule has 3 aromatic rings. The Morgan fingerprint density at radius 3 is 2.58 bits per heavy atom. The Morgan fingerprint density at radius 1 is 1.13 bits per heavy atom. The molecule has 7 nitrogen and oxygen atoms in total. The predicted molar refractivity (Wildman–Crippen MR) is 121 cm³/mol. The van der Waals surface area contributed by atoms with E-state index in [2.05, 4.69) is 15.7 Å². The second-order valence-electron chi connectivity index (χ2n) is 8.43. The monoisotopic (exact) mass is 419 g/mol. The first kappa shape index (κ1) is 21.0. The highest BCUT2D eigenvalue weighted by Gasteiger charge is 2.20. The van der Waals surface area contributed by atoms with Crippen LogP contribution < -0.4 is 10.6 Å². The van der Waals surface area contributed by atoms with Gasteiger partial charge in [-0.15, -0.1) is 0 Å². The van der Waals surface area contributed by atoms with Crippen molar-refractivity contribution in [3.05, 3.63) is 48.2 Å². The SMILES string of the molecule is CC(C)n1ncc2c(C(=O)NCC(=O)NC3CCCCC3)cc(-c3ccccc3)nc21. The van der Waals surface area contributed by atoms with Crippen LogP contribution in [0.25, 0.3) is 22.3 Å². The van der Waals surface area contributed by atoms with Crippen LogP contribution in [0, 0.1) is 0 Å². The smallest absolute Gasteiger partial charge is 0.252 e. The van der Waals surface area contributed by atoms with Crippen LogP contribution in [-0.4, -0.2) is 39.2 Å². The molecular weight excluding hydrogens is 390 g/mol. The molecule has 7 heteroatoms. The van der Waals surface area contributed by atoms with Gasteiger partial charge in [0.25, 0.3) is 5.91 Å². The first-order valence-electron chi connectivity index (χ1n) is 11.0. The summed E-state index contributed by atoms with van der Waals surface area (Å²) in [6, 6.07) is 11.9. The molecule has 2 N–H and O–H groups in total. The van der Waals surface area contributed by atoms with Crippen molar-refractivity contribution in [3.63, 3.8) is 0 Å². The minimum absolute atomic E-state index is 0.0435. The van der Waals surface area contributed by atoms with Gasteiger partial charge in [-0.1, -0.05) is 49.6 Å². The zero-order valence-corrected chi connectivity index (χ0v) is 18.1. The van der Waals surface area contributed by atoms with Crippen molar-refractivity contribution in [2.75, 3.05) is 6.54 Å². The third-order valence-electron chi connectivity index (χ3n) is 5.75. The summed E-state index contributed by atoms with van der Waals surface area (Å²) in [4.78, 5) is 30.2. The van der Waals surface area contributed by atoms with Gasteiger partial charge in [-0.25, -0.2) is 9.67 Å². The van der Waals surface area contributed by atoms with Crippen LogP contribution in [0.1, 0.15) is 62.4 Å². The third-order valence-corrected chi connectivity index (χ3v) is 5.75. The van der Waals surface area contributed by atoms with E-state index in [1.165, 1.54) is 6.42 Å². The van der Waals surface area contributed by atoms with E-state index in [-0.39, 0.29) is 30.4 Å². The largest absolute Gasteiger partial charge is 0.352 e. The number of pyridine rings is 1. The first-order chi connectivity index (χ1) is 15.0. The number of carbonyl (C=O) groups is 2. The van der Waals surface area contributed by atoms with Crippen LogP contribution in [0.5, 0.6) is 0 Å². The molecule has 0 unspecified atom stereocenters. The summed E-state index contributed by atoms with van der Waals surface area (Å²) in [5.74, 6) is -0.446. The number of hydrogen-bond donors (Lipinski definition) is 2. The summed E-state index contributed by atoms with van der Waals surface area (Å²) < 4.78 is 1.81. The quantitative estimate of drug-likeness (QED) is 0.635. The topological polar surface area (TPSA) is 88.9 Å². The van der Waals surface area contributed by atoms with Gasteiger partial charge in [0.15, 0.2) is 5.65 Å². The molecule has 0 saturated heterocycles. The summed E-state index contributed by atoms with van der Waals surface area (Å²) in [6.07, 6.45) is 7.23. The minimum atomic E-state index is -0.299. The van der Waals surface area contributed by atoms with E-state index in [9.17, 15) is 9.59 Å². The number of carbonyl (C=O) groups excluding carboxylic acids is 2. The molecule has 31 heavy (non-hydrogen) atoms. The molecule has 1 aromatic carbocycles. The molecule has 1 saturated carbocycles. The third kappa shape index (κ3) is 4.76. The molecule has 0 aliphatic heterocycles. The van der Waals surface area contributed by atoms with E-state index in [0.29, 0.717) is 22.3 Å². The molecule has 2 amide bonds. The lowest BCUT2D eigenvalue weighted by molar-refractivity contribution is -0.121. The molecule has 1 fully saturated rings. The van der Waals surface area contributed by atoms with Gasteiger partial charge in [-0.2, -0.15) is 5.10 Å². The minimum Gasteiger partial charge on any atom is -0.352 e. The number of rotatable bonds is 6. The molecule has 1 aliphatic carbocycles. The molecule has 0 radical (unpaired) electrons. The van der Waals surface area contributed by atoms with Crippen LogP contribution in [0.15, 0.2) is 42.6 Å². The second kappa shape index (κ2) is 9.29.